The van der Waals surface area contributed by atoms with E-state index in [0.717, 1.165) is 32.2 Å². The molecule has 2 amide bonds. The zero-order valence-corrected chi connectivity index (χ0v) is 24.2. The minimum atomic E-state index is -0.689. The highest BCUT2D eigenvalue weighted by atomic mass is 16.5. The van der Waals surface area contributed by atoms with E-state index in [4.69, 9.17) is 4.74 Å². The molecule has 1 fully saturated rings. The van der Waals surface area contributed by atoms with Crippen molar-refractivity contribution < 1.29 is 19.1 Å². The lowest BCUT2D eigenvalue weighted by Crippen LogP contribution is -2.62. The average Bonchev–Trinajstić information content (AvgIpc) is 2.78. The molecule has 0 aromatic carbocycles. The summed E-state index contributed by atoms with van der Waals surface area (Å²) < 4.78 is 5.12. The molecule has 1 aliphatic rings. The highest BCUT2D eigenvalue weighted by Crippen LogP contribution is 2.30. The number of amides is 2. The summed E-state index contributed by atoms with van der Waals surface area (Å²) in [5.41, 5.74) is -0.0953. The smallest absolute Gasteiger partial charge is 0.333 e. The van der Waals surface area contributed by atoms with Gasteiger partial charge in [0.15, 0.2) is 0 Å². The van der Waals surface area contributed by atoms with E-state index in [-0.39, 0.29) is 41.3 Å². The van der Waals surface area contributed by atoms with Crippen LogP contribution in [0.4, 0.5) is 0 Å². The summed E-state index contributed by atoms with van der Waals surface area (Å²) in [4.78, 5) is 43.6. The topological polar surface area (TPSA) is 79.0 Å². The lowest BCUT2D eigenvalue weighted by Gasteiger charge is -2.46. The van der Waals surface area contributed by atoms with Crippen molar-refractivity contribution in [3.8, 4) is 0 Å². The van der Waals surface area contributed by atoms with Crippen LogP contribution in [0, 0.1) is 11.3 Å². The van der Waals surface area contributed by atoms with Gasteiger partial charge in [0.05, 0.1) is 18.7 Å². The molecule has 0 saturated carbocycles. The van der Waals surface area contributed by atoms with E-state index in [1.54, 1.807) is 31.9 Å². The summed E-state index contributed by atoms with van der Waals surface area (Å²) in [5, 5.41) is 3.14. The van der Waals surface area contributed by atoms with Crippen molar-refractivity contribution in [3.05, 3.63) is 11.6 Å². The van der Waals surface area contributed by atoms with Gasteiger partial charge in [-0.05, 0) is 64.8 Å². The highest BCUT2D eigenvalue weighted by molar-refractivity contribution is 5.91. The maximum Gasteiger partial charge on any atom is 0.333 e. The molecule has 35 heavy (non-hydrogen) atoms. The van der Waals surface area contributed by atoms with Crippen LogP contribution < -0.4 is 5.32 Å². The normalized spacial score (nSPS) is 19.8. The summed E-state index contributed by atoms with van der Waals surface area (Å²) in [6.45, 7) is 21.1. The van der Waals surface area contributed by atoms with Crippen molar-refractivity contribution in [2.24, 2.45) is 11.3 Å². The van der Waals surface area contributed by atoms with Crippen LogP contribution in [0.25, 0.3) is 0 Å². The number of likely N-dealkylation sites (tertiary alicyclic amines) is 1. The van der Waals surface area contributed by atoms with Gasteiger partial charge >= 0.3 is 5.97 Å². The molecule has 1 rings (SSSR count). The monoisotopic (exact) mass is 493 g/mol. The van der Waals surface area contributed by atoms with Crippen LogP contribution in [-0.4, -0.2) is 71.4 Å². The van der Waals surface area contributed by atoms with Crippen molar-refractivity contribution in [1.82, 2.24) is 15.1 Å². The number of esters is 1. The number of likely N-dealkylation sites (N-methyl/N-ethyl adjacent to an activating group) is 1. The van der Waals surface area contributed by atoms with Gasteiger partial charge < -0.3 is 15.0 Å². The van der Waals surface area contributed by atoms with Gasteiger partial charge in [-0.3, -0.25) is 14.5 Å². The summed E-state index contributed by atoms with van der Waals surface area (Å²) in [7, 11) is 1.75. The standard InChI is InChI=1S/C28H51N3O4/c1-12-28(9,10)31-17-15-14-16-21(31)24(32)29-23(27(6,7)8)25(33)30(11)22(19(3)4)18-20(5)26(34)35-13-2/h18-19,21-23H,12-17H2,1-11H3,(H,29,32)/b20-18+. The quantitative estimate of drug-likeness (QED) is 0.357. The van der Waals surface area contributed by atoms with Gasteiger partial charge in [0, 0.05) is 18.2 Å². The van der Waals surface area contributed by atoms with E-state index < -0.39 is 11.5 Å². The predicted molar refractivity (Wildman–Crippen MR) is 142 cm³/mol. The second kappa shape index (κ2) is 12.9. The number of carbonyl (C=O) groups is 3. The molecule has 3 unspecified atom stereocenters. The molecule has 3 atom stereocenters. The van der Waals surface area contributed by atoms with Gasteiger partial charge in [-0.1, -0.05) is 54.0 Å². The molecule has 0 aliphatic carbocycles. The van der Waals surface area contributed by atoms with Crippen LogP contribution in [-0.2, 0) is 19.1 Å². The molecule has 1 saturated heterocycles. The fourth-order valence-electron chi connectivity index (χ4n) is 4.69. The molecule has 0 aromatic heterocycles. The second-order valence-corrected chi connectivity index (χ2v) is 11.9. The van der Waals surface area contributed by atoms with Crippen molar-refractivity contribution in [2.75, 3.05) is 20.2 Å². The molecule has 0 radical (unpaired) electrons. The Morgan fingerprint density at radius 1 is 1.11 bits per heavy atom. The number of carbonyl (C=O) groups excluding carboxylic acids is 3. The van der Waals surface area contributed by atoms with Gasteiger partial charge in [0.1, 0.15) is 6.04 Å². The number of piperidine rings is 1. The van der Waals surface area contributed by atoms with Crippen LogP contribution in [0.1, 0.15) is 94.9 Å². The molecular weight excluding hydrogens is 442 g/mol. The van der Waals surface area contributed by atoms with Crippen LogP contribution in [0.2, 0.25) is 0 Å². The highest BCUT2D eigenvalue weighted by Gasteiger charge is 2.41. The first-order chi connectivity index (χ1) is 16.1. The van der Waals surface area contributed by atoms with E-state index in [9.17, 15) is 14.4 Å². The van der Waals surface area contributed by atoms with Crippen molar-refractivity contribution in [2.45, 2.75) is 119 Å². The molecule has 202 valence electrons. The average molecular weight is 494 g/mol. The minimum absolute atomic E-state index is 0.0730. The SMILES string of the molecule is CCOC(=O)/C(C)=C/C(C(C)C)N(C)C(=O)C(NC(=O)C1CCCCN1C(C)(C)CC)C(C)(C)C. The first kappa shape index (κ1) is 31.1. The third-order valence-corrected chi connectivity index (χ3v) is 7.34. The molecule has 7 heteroatoms. The minimum Gasteiger partial charge on any atom is -0.463 e. The molecular formula is C28H51N3O4. The summed E-state index contributed by atoms with van der Waals surface area (Å²) in [6, 6.07) is -1.24. The third kappa shape index (κ3) is 8.33. The second-order valence-electron chi connectivity index (χ2n) is 11.9. The zero-order chi connectivity index (χ0) is 27.1. The first-order valence-electron chi connectivity index (χ1n) is 13.3. The lowest BCUT2D eigenvalue weighted by molar-refractivity contribution is -0.143. The number of hydrogen-bond acceptors (Lipinski definition) is 5. The van der Waals surface area contributed by atoms with Crippen molar-refractivity contribution in [1.29, 1.82) is 0 Å². The molecule has 7 nitrogen and oxygen atoms in total. The fraction of sp³-hybridized carbons (Fsp3) is 0.821. The fourth-order valence-corrected chi connectivity index (χ4v) is 4.69. The molecule has 1 heterocycles. The first-order valence-corrected chi connectivity index (χ1v) is 13.3. The molecule has 0 spiro atoms. The number of rotatable bonds is 10. The van der Waals surface area contributed by atoms with Gasteiger partial charge in [-0.25, -0.2) is 4.79 Å². The van der Waals surface area contributed by atoms with Gasteiger partial charge in [-0.2, -0.15) is 0 Å². The summed E-state index contributed by atoms with van der Waals surface area (Å²) in [5.74, 6) is -0.541. The van der Waals surface area contributed by atoms with Crippen molar-refractivity contribution >= 4 is 17.8 Å². The number of ether oxygens (including phenoxy) is 1. The number of hydrogen-bond donors (Lipinski definition) is 1. The molecule has 1 N–H and O–H groups in total. The Balaban J connectivity index is 3.21. The molecule has 1 aliphatic heterocycles. The van der Waals surface area contributed by atoms with E-state index in [0.29, 0.717) is 12.2 Å². The van der Waals surface area contributed by atoms with Gasteiger partial charge in [-0.15, -0.1) is 0 Å². The Kier molecular flexibility index (Phi) is 11.5. The Bertz CT molecular complexity index is 767. The third-order valence-electron chi connectivity index (χ3n) is 7.34. The Morgan fingerprint density at radius 2 is 1.71 bits per heavy atom. The van der Waals surface area contributed by atoms with E-state index in [2.05, 4.69) is 31.0 Å². The molecule has 0 aromatic rings. The largest absolute Gasteiger partial charge is 0.463 e. The number of nitrogens with one attached hydrogen (secondary N) is 1. The Morgan fingerprint density at radius 3 is 2.20 bits per heavy atom. The van der Waals surface area contributed by atoms with E-state index >= 15 is 0 Å². The predicted octanol–water partition coefficient (Wildman–Crippen LogP) is 4.55. The van der Waals surface area contributed by atoms with Crippen LogP contribution in [0.3, 0.4) is 0 Å². The summed E-state index contributed by atoms with van der Waals surface area (Å²) in [6.07, 6.45) is 5.64. The van der Waals surface area contributed by atoms with E-state index in [1.165, 1.54) is 0 Å². The van der Waals surface area contributed by atoms with E-state index in [1.807, 2.05) is 34.6 Å². The van der Waals surface area contributed by atoms with Crippen LogP contribution >= 0.6 is 0 Å². The van der Waals surface area contributed by atoms with Crippen molar-refractivity contribution in [3.63, 3.8) is 0 Å². The lowest BCUT2D eigenvalue weighted by atomic mass is 9.84. The summed E-state index contributed by atoms with van der Waals surface area (Å²) >= 11 is 0. The Labute approximate surface area is 214 Å². The molecule has 0 bridgehead atoms. The van der Waals surface area contributed by atoms with Gasteiger partial charge in [0.2, 0.25) is 11.8 Å². The number of nitrogens with zero attached hydrogens (tertiary/aromatic N) is 2. The zero-order valence-electron chi connectivity index (χ0n) is 24.2. The Hall–Kier alpha value is -1.89. The maximum absolute atomic E-state index is 13.8. The maximum atomic E-state index is 13.8. The van der Waals surface area contributed by atoms with Gasteiger partial charge in [0.25, 0.3) is 0 Å². The van der Waals surface area contributed by atoms with Crippen LogP contribution in [0.15, 0.2) is 11.6 Å². The van der Waals surface area contributed by atoms with Crippen LogP contribution in [0.5, 0.6) is 0 Å².